The van der Waals surface area contributed by atoms with Crippen LogP contribution in [-0.4, -0.2) is 24.8 Å². The van der Waals surface area contributed by atoms with Gasteiger partial charge < -0.3 is 14.6 Å². The Morgan fingerprint density at radius 3 is 2.71 bits per heavy atom. The van der Waals surface area contributed by atoms with Crippen molar-refractivity contribution in [3.8, 4) is 5.75 Å². The molecule has 0 fully saturated rings. The highest BCUT2D eigenvalue weighted by Gasteiger charge is 2.30. The minimum Gasteiger partial charge on any atom is -0.496 e. The van der Waals surface area contributed by atoms with E-state index in [2.05, 4.69) is 25.1 Å². The molecular formula is C20H28O4. The Morgan fingerprint density at radius 2 is 2.04 bits per heavy atom. The van der Waals surface area contributed by atoms with E-state index in [1.807, 2.05) is 6.92 Å². The SMILES string of the molecule is CCCC1CC(CCc2ccc(C)c(OC)c2)C(OCO)=CC1=O. The van der Waals surface area contributed by atoms with Gasteiger partial charge in [0.15, 0.2) is 12.6 Å². The zero-order chi connectivity index (χ0) is 17.5. The van der Waals surface area contributed by atoms with E-state index in [1.165, 1.54) is 5.56 Å². The van der Waals surface area contributed by atoms with Crippen molar-refractivity contribution >= 4 is 5.78 Å². The second-order valence-electron chi connectivity index (χ2n) is 6.48. The molecule has 0 amide bonds. The summed E-state index contributed by atoms with van der Waals surface area (Å²) in [5.41, 5.74) is 2.33. The van der Waals surface area contributed by atoms with Gasteiger partial charge in [0.25, 0.3) is 0 Å². The molecular weight excluding hydrogens is 304 g/mol. The molecule has 1 aliphatic carbocycles. The molecule has 2 rings (SSSR count). The molecule has 0 radical (unpaired) electrons. The standard InChI is InChI=1S/C20H28O4/c1-4-5-16-11-17(20(24-13-21)12-18(16)22)9-8-15-7-6-14(2)19(10-15)23-3/h6-7,10,12,16-17,21H,4-5,8-9,11,13H2,1-3H3. The summed E-state index contributed by atoms with van der Waals surface area (Å²) in [6.07, 6.45) is 6.10. The summed E-state index contributed by atoms with van der Waals surface area (Å²) in [6.45, 7) is 3.75. The topological polar surface area (TPSA) is 55.8 Å². The molecule has 1 aliphatic rings. The van der Waals surface area contributed by atoms with Crippen LogP contribution in [0.5, 0.6) is 5.75 Å². The van der Waals surface area contributed by atoms with Crippen LogP contribution in [0.25, 0.3) is 0 Å². The van der Waals surface area contributed by atoms with E-state index in [9.17, 15) is 4.79 Å². The minimum atomic E-state index is -0.383. The van der Waals surface area contributed by atoms with Gasteiger partial charge in [-0.25, -0.2) is 0 Å². The summed E-state index contributed by atoms with van der Waals surface area (Å²) >= 11 is 0. The lowest BCUT2D eigenvalue weighted by Gasteiger charge is -2.28. The van der Waals surface area contributed by atoms with E-state index < -0.39 is 0 Å². The summed E-state index contributed by atoms with van der Waals surface area (Å²) in [5.74, 6) is 1.93. The minimum absolute atomic E-state index is 0.0820. The van der Waals surface area contributed by atoms with Crippen LogP contribution >= 0.6 is 0 Å². The molecule has 24 heavy (non-hydrogen) atoms. The lowest BCUT2D eigenvalue weighted by atomic mass is 9.79. The van der Waals surface area contributed by atoms with Crippen molar-refractivity contribution in [2.45, 2.75) is 46.0 Å². The Kier molecular flexibility index (Phi) is 6.85. The van der Waals surface area contributed by atoms with Crippen LogP contribution in [-0.2, 0) is 16.0 Å². The van der Waals surface area contributed by atoms with Crippen molar-refractivity contribution in [2.24, 2.45) is 11.8 Å². The Bertz CT molecular complexity index is 591. The first kappa shape index (κ1) is 18.5. The van der Waals surface area contributed by atoms with Crippen molar-refractivity contribution in [1.82, 2.24) is 0 Å². The number of benzene rings is 1. The molecule has 0 aliphatic heterocycles. The van der Waals surface area contributed by atoms with Gasteiger partial charge in [-0.3, -0.25) is 4.79 Å². The third-order valence-corrected chi connectivity index (χ3v) is 4.78. The van der Waals surface area contributed by atoms with E-state index in [0.717, 1.165) is 43.4 Å². The van der Waals surface area contributed by atoms with Crippen molar-refractivity contribution in [3.63, 3.8) is 0 Å². The fourth-order valence-corrected chi connectivity index (χ4v) is 3.42. The normalized spacial score (nSPS) is 20.7. The van der Waals surface area contributed by atoms with Crippen LogP contribution in [0.4, 0.5) is 0 Å². The predicted octanol–water partition coefficient (Wildman–Crippen LogP) is 3.79. The quantitative estimate of drug-likeness (QED) is 0.736. The van der Waals surface area contributed by atoms with Crippen molar-refractivity contribution in [2.75, 3.05) is 13.9 Å². The Labute approximate surface area is 144 Å². The first-order chi connectivity index (χ1) is 11.6. The van der Waals surface area contributed by atoms with Gasteiger partial charge in [0.05, 0.1) is 7.11 Å². The molecule has 0 saturated carbocycles. The molecule has 0 saturated heterocycles. The summed E-state index contributed by atoms with van der Waals surface area (Å²) in [7, 11) is 1.68. The Balaban J connectivity index is 2.08. The van der Waals surface area contributed by atoms with E-state index >= 15 is 0 Å². The number of ketones is 1. The number of hydrogen-bond donors (Lipinski definition) is 1. The van der Waals surface area contributed by atoms with Gasteiger partial charge in [0.1, 0.15) is 11.5 Å². The van der Waals surface area contributed by atoms with Crippen LogP contribution in [0.15, 0.2) is 30.0 Å². The second kappa shape index (κ2) is 8.88. The van der Waals surface area contributed by atoms with Crippen molar-refractivity contribution in [3.05, 3.63) is 41.2 Å². The smallest absolute Gasteiger partial charge is 0.185 e. The molecule has 0 heterocycles. The summed E-state index contributed by atoms with van der Waals surface area (Å²) in [5, 5.41) is 9.09. The largest absolute Gasteiger partial charge is 0.496 e. The fourth-order valence-electron chi connectivity index (χ4n) is 3.42. The number of aliphatic hydroxyl groups is 1. The zero-order valence-corrected chi connectivity index (χ0v) is 14.9. The maximum absolute atomic E-state index is 12.2. The Hall–Kier alpha value is -1.81. The van der Waals surface area contributed by atoms with Gasteiger partial charge in [-0.2, -0.15) is 0 Å². The molecule has 2 unspecified atom stereocenters. The zero-order valence-electron chi connectivity index (χ0n) is 14.9. The van der Waals surface area contributed by atoms with E-state index in [4.69, 9.17) is 14.6 Å². The molecule has 2 atom stereocenters. The Morgan fingerprint density at radius 1 is 1.25 bits per heavy atom. The fraction of sp³-hybridized carbons (Fsp3) is 0.550. The van der Waals surface area contributed by atoms with Crippen LogP contribution in [0, 0.1) is 18.8 Å². The van der Waals surface area contributed by atoms with Crippen LogP contribution in [0.2, 0.25) is 0 Å². The third kappa shape index (κ3) is 4.60. The highest BCUT2D eigenvalue weighted by Crippen LogP contribution is 2.34. The molecule has 1 aromatic carbocycles. The highest BCUT2D eigenvalue weighted by atomic mass is 16.6. The molecule has 132 valence electrons. The number of allylic oxidation sites excluding steroid dienone is 2. The van der Waals surface area contributed by atoms with Crippen LogP contribution in [0.1, 0.15) is 43.7 Å². The first-order valence-electron chi connectivity index (χ1n) is 8.71. The van der Waals surface area contributed by atoms with Gasteiger partial charge in [-0.15, -0.1) is 0 Å². The second-order valence-corrected chi connectivity index (χ2v) is 6.48. The first-order valence-corrected chi connectivity index (χ1v) is 8.71. The summed E-state index contributed by atoms with van der Waals surface area (Å²) in [4.78, 5) is 12.2. The number of hydrogen-bond acceptors (Lipinski definition) is 4. The maximum atomic E-state index is 12.2. The van der Waals surface area contributed by atoms with Gasteiger partial charge >= 0.3 is 0 Å². The number of carbonyl (C=O) groups excluding carboxylic acids is 1. The van der Waals surface area contributed by atoms with Crippen molar-refractivity contribution < 1.29 is 19.4 Å². The van der Waals surface area contributed by atoms with Gasteiger partial charge in [0.2, 0.25) is 0 Å². The molecule has 0 spiro atoms. The monoisotopic (exact) mass is 332 g/mol. The molecule has 0 aromatic heterocycles. The summed E-state index contributed by atoms with van der Waals surface area (Å²) < 4.78 is 10.7. The van der Waals surface area contributed by atoms with Gasteiger partial charge in [-0.05, 0) is 49.8 Å². The number of aliphatic hydroxyl groups excluding tert-OH is 1. The van der Waals surface area contributed by atoms with Crippen molar-refractivity contribution in [1.29, 1.82) is 0 Å². The number of rotatable bonds is 8. The molecule has 4 heteroatoms. The summed E-state index contributed by atoms with van der Waals surface area (Å²) in [6, 6.07) is 6.26. The molecule has 1 N–H and O–H groups in total. The molecule has 1 aromatic rings. The number of aryl methyl sites for hydroxylation is 2. The van der Waals surface area contributed by atoms with E-state index in [0.29, 0.717) is 5.76 Å². The number of methoxy groups -OCH3 is 1. The lowest BCUT2D eigenvalue weighted by Crippen LogP contribution is -2.25. The van der Waals surface area contributed by atoms with Gasteiger partial charge in [0, 0.05) is 17.9 Å². The third-order valence-electron chi connectivity index (χ3n) is 4.78. The van der Waals surface area contributed by atoms with Crippen LogP contribution in [0.3, 0.4) is 0 Å². The van der Waals surface area contributed by atoms with Crippen LogP contribution < -0.4 is 4.74 Å². The molecule has 0 bridgehead atoms. The highest BCUT2D eigenvalue weighted by molar-refractivity contribution is 5.93. The van der Waals surface area contributed by atoms with Gasteiger partial charge in [-0.1, -0.05) is 25.5 Å². The predicted molar refractivity (Wildman–Crippen MR) is 93.8 cm³/mol. The average molecular weight is 332 g/mol. The number of carbonyl (C=O) groups is 1. The average Bonchev–Trinajstić information content (AvgIpc) is 2.57. The number of ether oxygens (including phenoxy) is 2. The maximum Gasteiger partial charge on any atom is 0.185 e. The van der Waals surface area contributed by atoms with E-state index in [1.54, 1.807) is 13.2 Å². The molecule has 4 nitrogen and oxygen atoms in total. The van der Waals surface area contributed by atoms with E-state index in [-0.39, 0.29) is 24.4 Å². The lowest BCUT2D eigenvalue weighted by molar-refractivity contribution is -0.120.